The summed E-state index contributed by atoms with van der Waals surface area (Å²) < 4.78 is 69.2. The number of pyridine rings is 1. The third-order valence-corrected chi connectivity index (χ3v) is 1.83. The second kappa shape index (κ2) is 5.15. The average molecular weight is 271 g/mol. The first-order valence-corrected chi connectivity index (χ1v) is 4.36. The largest absolute Gasteiger partial charge is 0.573 e. The maximum Gasteiger partial charge on any atom is 0.573 e. The lowest BCUT2D eigenvalue weighted by molar-refractivity contribution is -0.275. The molecule has 0 aromatic carbocycles. The molecule has 0 aliphatic carbocycles. The quantitative estimate of drug-likeness (QED) is 0.624. The molecule has 1 heterocycles. The number of aldehydes is 1. The molecule has 0 saturated heterocycles. The zero-order chi connectivity index (χ0) is 13.9. The Morgan fingerprint density at radius 1 is 1.39 bits per heavy atom. The van der Waals surface area contributed by atoms with Crippen molar-refractivity contribution in [3.05, 3.63) is 17.5 Å². The standard InChI is InChI=1S/C9H6F5NO3/c1-17-5-2-15-6(8(10)11)7(4(5)3-16)18-9(12,13)14/h2-3,8H,1H3. The molecule has 18 heavy (non-hydrogen) atoms. The molecule has 0 bridgehead atoms. The van der Waals surface area contributed by atoms with Crippen LogP contribution in [0, 0.1) is 0 Å². The number of nitrogens with zero attached hydrogens (tertiary/aromatic N) is 1. The number of carbonyl (C=O) groups is 1. The summed E-state index contributed by atoms with van der Waals surface area (Å²) in [6, 6.07) is 0. The van der Waals surface area contributed by atoms with Gasteiger partial charge in [-0.25, -0.2) is 13.8 Å². The number of methoxy groups -OCH3 is 1. The Hall–Kier alpha value is -1.93. The summed E-state index contributed by atoms with van der Waals surface area (Å²) in [7, 11) is 1.05. The van der Waals surface area contributed by atoms with Gasteiger partial charge in [-0.15, -0.1) is 13.2 Å². The second-order valence-corrected chi connectivity index (χ2v) is 2.92. The van der Waals surface area contributed by atoms with E-state index in [1.165, 1.54) is 0 Å². The van der Waals surface area contributed by atoms with E-state index in [2.05, 4.69) is 14.5 Å². The van der Waals surface area contributed by atoms with Crippen LogP contribution in [-0.4, -0.2) is 24.7 Å². The number of ether oxygens (including phenoxy) is 2. The Morgan fingerprint density at radius 3 is 2.39 bits per heavy atom. The summed E-state index contributed by atoms with van der Waals surface area (Å²) in [5, 5.41) is 0. The van der Waals surface area contributed by atoms with Gasteiger partial charge in [-0.3, -0.25) is 4.79 Å². The molecular weight excluding hydrogens is 265 g/mol. The van der Waals surface area contributed by atoms with Gasteiger partial charge in [0.15, 0.2) is 17.8 Å². The summed E-state index contributed by atoms with van der Waals surface area (Å²) in [5.74, 6) is -1.75. The summed E-state index contributed by atoms with van der Waals surface area (Å²) in [6.07, 6.45) is -7.91. The van der Waals surface area contributed by atoms with Crippen LogP contribution >= 0.6 is 0 Å². The Balaban J connectivity index is 3.43. The zero-order valence-corrected chi connectivity index (χ0v) is 8.79. The van der Waals surface area contributed by atoms with E-state index in [-0.39, 0.29) is 6.29 Å². The van der Waals surface area contributed by atoms with Gasteiger partial charge in [0.1, 0.15) is 11.3 Å². The molecule has 0 radical (unpaired) electrons. The van der Waals surface area contributed by atoms with Crippen LogP contribution in [0.2, 0.25) is 0 Å². The SMILES string of the molecule is COc1cnc(C(F)F)c(OC(F)(F)F)c1C=O. The van der Waals surface area contributed by atoms with Gasteiger partial charge < -0.3 is 9.47 Å². The molecule has 0 N–H and O–H groups in total. The Morgan fingerprint density at radius 2 is 2.00 bits per heavy atom. The number of halogens is 5. The molecule has 0 unspecified atom stereocenters. The van der Waals surface area contributed by atoms with Crippen LogP contribution in [0.1, 0.15) is 22.5 Å². The van der Waals surface area contributed by atoms with Crippen molar-refractivity contribution in [1.82, 2.24) is 4.98 Å². The van der Waals surface area contributed by atoms with Gasteiger partial charge in [-0.2, -0.15) is 0 Å². The van der Waals surface area contributed by atoms with Crippen molar-refractivity contribution >= 4 is 6.29 Å². The predicted octanol–water partition coefficient (Wildman–Crippen LogP) is 2.74. The molecule has 1 rings (SSSR count). The Labute approximate surface area is 97.3 Å². The minimum absolute atomic E-state index is 0.0759. The number of carbonyl (C=O) groups excluding carboxylic acids is 1. The smallest absolute Gasteiger partial charge is 0.494 e. The first-order chi connectivity index (χ1) is 8.30. The molecule has 4 nitrogen and oxygen atoms in total. The maximum absolute atomic E-state index is 12.5. The van der Waals surface area contributed by atoms with Gasteiger partial charge in [0.25, 0.3) is 6.43 Å². The topological polar surface area (TPSA) is 48.4 Å². The molecule has 0 aliphatic rings. The predicted molar refractivity (Wildman–Crippen MR) is 47.8 cm³/mol. The second-order valence-electron chi connectivity index (χ2n) is 2.92. The van der Waals surface area contributed by atoms with E-state index in [0.29, 0.717) is 6.20 Å². The highest BCUT2D eigenvalue weighted by Crippen LogP contribution is 2.37. The normalized spacial score (nSPS) is 11.5. The summed E-state index contributed by atoms with van der Waals surface area (Å²) in [6.45, 7) is 0. The van der Waals surface area contributed by atoms with Crippen molar-refractivity contribution in [1.29, 1.82) is 0 Å². The molecule has 1 aromatic rings. The van der Waals surface area contributed by atoms with E-state index < -0.39 is 35.5 Å². The van der Waals surface area contributed by atoms with Gasteiger partial charge in [0, 0.05) is 0 Å². The van der Waals surface area contributed by atoms with Crippen molar-refractivity contribution in [3.63, 3.8) is 0 Å². The third kappa shape index (κ3) is 3.05. The highest BCUT2D eigenvalue weighted by molar-refractivity contribution is 5.84. The summed E-state index contributed by atoms with van der Waals surface area (Å²) in [4.78, 5) is 13.8. The van der Waals surface area contributed by atoms with Crippen LogP contribution in [0.3, 0.4) is 0 Å². The average Bonchev–Trinajstić information content (AvgIpc) is 2.25. The van der Waals surface area contributed by atoms with Crippen LogP contribution in [0.15, 0.2) is 6.20 Å². The first kappa shape index (κ1) is 14.1. The molecule has 100 valence electrons. The number of aromatic nitrogens is 1. The minimum atomic E-state index is -5.23. The Kier molecular flexibility index (Phi) is 4.04. The van der Waals surface area contributed by atoms with Gasteiger partial charge in [-0.1, -0.05) is 0 Å². The highest BCUT2D eigenvalue weighted by atomic mass is 19.4. The number of hydrogen-bond acceptors (Lipinski definition) is 4. The molecule has 0 amide bonds. The van der Waals surface area contributed by atoms with E-state index in [4.69, 9.17) is 0 Å². The van der Waals surface area contributed by atoms with Crippen LogP contribution in [-0.2, 0) is 0 Å². The van der Waals surface area contributed by atoms with Gasteiger partial charge >= 0.3 is 6.36 Å². The molecule has 9 heteroatoms. The van der Waals surface area contributed by atoms with E-state index in [9.17, 15) is 26.7 Å². The first-order valence-electron chi connectivity index (χ1n) is 4.36. The monoisotopic (exact) mass is 271 g/mol. The fourth-order valence-corrected chi connectivity index (χ4v) is 1.16. The Bertz CT molecular complexity index is 447. The lowest BCUT2D eigenvalue weighted by Gasteiger charge is -2.15. The lowest BCUT2D eigenvalue weighted by Crippen LogP contribution is -2.20. The van der Waals surface area contributed by atoms with Crippen LogP contribution in [0.25, 0.3) is 0 Å². The van der Waals surface area contributed by atoms with Crippen LogP contribution in [0.4, 0.5) is 22.0 Å². The van der Waals surface area contributed by atoms with Crippen molar-refractivity contribution in [3.8, 4) is 11.5 Å². The summed E-state index contributed by atoms with van der Waals surface area (Å²) in [5.41, 5.74) is -2.06. The third-order valence-electron chi connectivity index (χ3n) is 1.83. The molecule has 0 saturated carbocycles. The highest BCUT2D eigenvalue weighted by Gasteiger charge is 2.36. The molecule has 0 aliphatic heterocycles. The van der Waals surface area contributed by atoms with Crippen molar-refractivity contribution in [2.24, 2.45) is 0 Å². The minimum Gasteiger partial charge on any atom is -0.494 e. The van der Waals surface area contributed by atoms with Crippen LogP contribution < -0.4 is 9.47 Å². The van der Waals surface area contributed by atoms with E-state index >= 15 is 0 Å². The van der Waals surface area contributed by atoms with Gasteiger partial charge in [0.05, 0.1) is 13.3 Å². The van der Waals surface area contributed by atoms with Crippen molar-refractivity contribution in [2.75, 3.05) is 7.11 Å². The number of rotatable bonds is 4. The summed E-state index contributed by atoms with van der Waals surface area (Å²) >= 11 is 0. The fourth-order valence-electron chi connectivity index (χ4n) is 1.16. The van der Waals surface area contributed by atoms with Crippen molar-refractivity contribution < 1.29 is 36.2 Å². The molecule has 1 aromatic heterocycles. The lowest BCUT2D eigenvalue weighted by atomic mass is 10.2. The maximum atomic E-state index is 12.5. The van der Waals surface area contributed by atoms with E-state index in [1.807, 2.05) is 0 Å². The fraction of sp³-hybridized carbons (Fsp3) is 0.333. The van der Waals surface area contributed by atoms with E-state index in [1.54, 1.807) is 0 Å². The van der Waals surface area contributed by atoms with Gasteiger partial charge in [-0.05, 0) is 0 Å². The molecule has 0 fully saturated rings. The molecule has 0 spiro atoms. The molecule has 0 atom stereocenters. The number of alkyl halides is 5. The molecular formula is C9H6F5NO3. The number of hydrogen-bond donors (Lipinski definition) is 0. The van der Waals surface area contributed by atoms with Crippen LogP contribution in [0.5, 0.6) is 11.5 Å². The van der Waals surface area contributed by atoms with Gasteiger partial charge in [0.2, 0.25) is 0 Å². The van der Waals surface area contributed by atoms with Crippen molar-refractivity contribution in [2.45, 2.75) is 12.8 Å². The zero-order valence-electron chi connectivity index (χ0n) is 8.79. The van der Waals surface area contributed by atoms with E-state index in [0.717, 1.165) is 7.11 Å².